The van der Waals surface area contributed by atoms with Crippen LogP contribution < -0.4 is 5.32 Å². The zero-order valence-electron chi connectivity index (χ0n) is 12.1. The Balaban J connectivity index is 2.03. The van der Waals surface area contributed by atoms with E-state index in [0.717, 1.165) is 0 Å². The maximum atomic E-state index is 13.6. The Kier molecular flexibility index (Phi) is 4.84. The molecule has 0 aliphatic heterocycles. The van der Waals surface area contributed by atoms with Crippen molar-refractivity contribution in [3.05, 3.63) is 47.4 Å². The molecule has 0 aliphatic rings. The number of hydrogen-bond donors (Lipinski definition) is 1. The highest BCUT2D eigenvalue weighted by molar-refractivity contribution is 5.19. The van der Waals surface area contributed by atoms with E-state index in [1.807, 2.05) is 20.0 Å². The maximum Gasteiger partial charge on any atom is 0.229 e. The quantitative estimate of drug-likeness (QED) is 0.882. The normalized spacial score (nSPS) is 14.2. The second kappa shape index (κ2) is 6.61. The highest BCUT2D eigenvalue weighted by atomic mass is 19.1. The van der Waals surface area contributed by atoms with Crippen molar-refractivity contribution < 1.29 is 8.91 Å². The molecule has 0 saturated carbocycles. The molecule has 2 unspecified atom stereocenters. The van der Waals surface area contributed by atoms with E-state index in [-0.39, 0.29) is 11.7 Å². The van der Waals surface area contributed by atoms with Crippen LogP contribution in [0.1, 0.15) is 37.0 Å². The summed E-state index contributed by atoms with van der Waals surface area (Å²) >= 11 is 0. The fraction of sp³-hybridized carbons (Fsp3) is 0.467. The van der Waals surface area contributed by atoms with Crippen molar-refractivity contribution in [2.45, 2.75) is 38.6 Å². The predicted octanol–water partition coefficient (Wildman–Crippen LogP) is 2.71. The zero-order valence-corrected chi connectivity index (χ0v) is 12.1. The smallest absolute Gasteiger partial charge is 0.229 e. The molecule has 4 nitrogen and oxygen atoms in total. The lowest BCUT2D eigenvalue weighted by atomic mass is 10.0. The monoisotopic (exact) mass is 277 g/mol. The van der Waals surface area contributed by atoms with E-state index in [9.17, 15) is 4.39 Å². The SMILES string of the molecule is CNC(C)Cc1noc(C(C)Cc2ccccc2F)n1. The Bertz CT molecular complexity index is 556. The molecule has 108 valence electrons. The molecule has 1 aromatic heterocycles. The summed E-state index contributed by atoms with van der Waals surface area (Å²) in [5, 5.41) is 7.10. The van der Waals surface area contributed by atoms with E-state index in [2.05, 4.69) is 22.4 Å². The molecular weight excluding hydrogens is 257 g/mol. The van der Waals surface area contributed by atoms with Crippen molar-refractivity contribution in [2.24, 2.45) is 0 Å². The summed E-state index contributed by atoms with van der Waals surface area (Å²) in [4.78, 5) is 4.38. The van der Waals surface area contributed by atoms with E-state index < -0.39 is 0 Å². The van der Waals surface area contributed by atoms with Crippen LogP contribution in [-0.4, -0.2) is 23.2 Å². The first-order chi connectivity index (χ1) is 9.60. The number of rotatable bonds is 6. The Labute approximate surface area is 118 Å². The number of likely N-dealkylation sites (N-methyl/N-ethyl adjacent to an activating group) is 1. The molecule has 5 heteroatoms. The summed E-state index contributed by atoms with van der Waals surface area (Å²) in [5.74, 6) is 1.05. The van der Waals surface area contributed by atoms with Crippen LogP contribution in [0.25, 0.3) is 0 Å². The second-order valence-corrected chi connectivity index (χ2v) is 5.14. The lowest BCUT2D eigenvalue weighted by molar-refractivity contribution is 0.352. The average Bonchev–Trinajstić information content (AvgIpc) is 2.89. The van der Waals surface area contributed by atoms with Crippen LogP contribution in [0, 0.1) is 5.82 Å². The molecule has 0 radical (unpaired) electrons. The Morgan fingerprint density at radius 1 is 1.25 bits per heavy atom. The maximum absolute atomic E-state index is 13.6. The minimum Gasteiger partial charge on any atom is -0.339 e. The Morgan fingerprint density at radius 2 is 2.00 bits per heavy atom. The molecule has 0 spiro atoms. The number of aromatic nitrogens is 2. The van der Waals surface area contributed by atoms with Crippen molar-refractivity contribution in [1.29, 1.82) is 0 Å². The molecule has 0 aliphatic carbocycles. The first-order valence-electron chi connectivity index (χ1n) is 6.83. The summed E-state index contributed by atoms with van der Waals surface area (Å²) in [6, 6.07) is 7.07. The molecule has 1 heterocycles. The topological polar surface area (TPSA) is 51.0 Å². The third-order valence-corrected chi connectivity index (χ3v) is 3.37. The number of hydrogen-bond acceptors (Lipinski definition) is 4. The van der Waals surface area contributed by atoms with Gasteiger partial charge in [-0.25, -0.2) is 4.39 Å². The van der Waals surface area contributed by atoms with Crippen molar-refractivity contribution in [2.75, 3.05) is 7.05 Å². The van der Waals surface area contributed by atoms with Crippen LogP contribution in [0.3, 0.4) is 0 Å². The van der Waals surface area contributed by atoms with Gasteiger partial charge in [0.25, 0.3) is 0 Å². The van der Waals surface area contributed by atoms with Gasteiger partial charge >= 0.3 is 0 Å². The lowest BCUT2D eigenvalue weighted by Gasteiger charge is -2.07. The van der Waals surface area contributed by atoms with Crippen molar-refractivity contribution in [1.82, 2.24) is 15.5 Å². The minimum atomic E-state index is -0.192. The van der Waals surface area contributed by atoms with E-state index in [4.69, 9.17) is 4.52 Å². The molecule has 2 atom stereocenters. The van der Waals surface area contributed by atoms with Gasteiger partial charge in [0, 0.05) is 18.4 Å². The highest BCUT2D eigenvalue weighted by Crippen LogP contribution is 2.20. The van der Waals surface area contributed by atoms with Crippen LogP contribution in [0.5, 0.6) is 0 Å². The van der Waals surface area contributed by atoms with E-state index >= 15 is 0 Å². The van der Waals surface area contributed by atoms with Crippen LogP contribution >= 0.6 is 0 Å². The van der Waals surface area contributed by atoms with Crippen LogP contribution in [-0.2, 0) is 12.8 Å². The van der Waals surface area contributed by atoms with Crippen LogP contribution in [0.15, 0.2) is 28.8 Å². The fourth-order valence-electron chi connectivity index (χ4n) is 2.01. The van der Waals surface area contributed by atoms with E-state index in [1.165, 1.54) is 6.07 Å². The van der Waals surface area contributed by atoms with Gasteiger partial charge in [-0.3, -0.25) is 0 Å². The number of benzene rings is 1. The standard InChI is InChI=1S/C15H20FN3O/c1-10(8-12-6-4-5-7-13(12)16)15-18-14(19-20-15)9-11(2)17-3/h4-7,10-11,17H,8-9H2,1-3H3. The number of nitrogens with one attached hydrogen (secondary N) is 1. The van der Waals surface area contributed by atoms with Crippen molar-refractivity contribution in [3.8, 4) is 0 Å². The summed E-state index contributed by atoms with van der Waals surface area (Å²) in [6.07, 6.45) is 1.27. The molecule has 2 rings (SSSR count). The summed E-state index contributed by atoms with van der Waals surface area (Å²) in [7, 11) is 1.90. The van der Waals surface area contributed by atoms with Gasteiger partial charge in [0.15, 0.2) is 5.82 Å². The molecule has 0 saturated heterocycles. The molecule has 2 aromatic rings. The van der Waals surface area contributed by atoms with Crippen LogP contribution in [0.2, 0.25) is 0 Å². The first-order valence-corrected chi connectivity index (χ1v) is 6.83. The summed E-state index contributed by atoms with van der Waals surface area (Å²) < 4.78 is 18.9. The van der Waals surface area contributed by atoms with Crippen LogP contribution in [0.4, 0.5) is 4.39 Å². The second-order valence-electron chi connectivity index (χ2n) is 5.14. The van der Waals surface area contributed by atoms with Gasteiger partial charge in [-0.1, -0.05) is 30.3 Å². The van der Waals surface area contributed by atoms with Crippen molar-refractivity contribution >= 4 is 0 Å². The largest absolute Gasteiger partial charge is 0.339 e. The van der Waals surface area contributed by atoms with Gasteiger partial charge in [0.05, 0.1) is 0 Å². The minimum absolute atomic E-state index is 0.00181. The van der Waals surface area contributed by atoms with Gasteiger partial charge in [-0.2, -0.15) is 4.98 Å². The van der Waals surface area contributed by atoms with Gasteiger partial charge in [-0.15, -0.1) is 0 Å². The first kappa shape index (κ1) is 14.7. The number of nitrogens with zero attached hydrogens (tertiary/aromatic N) is 2. The fourth-order valence-corrected chi connectivity index (χ4v) is 2.01. The molecule has 0 amide bonds. The van der Waals surface area contributed by atoms with Gasteiger partial charge in [0.2, 0.25) is 5.89 Å². The average molecular weight is 277 g/mol. The Morgan fingerprint density at radius 3 is 2.70 bits per heavy atom. The van der Waals surface area contributed by atoms with E-state index in [1.54, 1.807) is 12.1 Å². The molecular formula is C15H20FN3O. The number of halogens is 1. The summed E-state index contributed by atoms with van der Waals surface area (Å²) in [5.41, 5.74) is 0.670. The molecule has 0 fully saturated rings. The van der Waals surface area contributed by atoms with Crippen molar-refractivity contribution in [3.63, 3.8) is 0 Å². The summed E-state index contributed by atoms with van der Waals surface area (Å²) in [6.45, 7) is 4.02. The van der Waals surface area contributed by atoms with Gasteiger partial charge in [0.1, 0.15) is 5.82 Å². The van der Waals surface area contributed by atoms with Gasteiger partial charge in [-0.05, 0) is 32.0 Å². The van der Waals surface area contributed by atoms with E-state index in [0.29, 0.717) is 36.2 Å². The lowest BCUT2D eigenvalue weighted by Crippen LogP contribution is -2.24. The van der Waals surface area contributed by atoms with Gasteiger partial charge < -0.3 is 9.84 Å². The molecule has 1 aromatic carbocycles. The molecule has 20 heavy (non-hydrogen) atoms. The Hall–Kier alpha value is -1.75. The zero-order chi connectivity index (χ0) is 14.5. The molecule has 1 N–H and O–H groups in total. The predicted molar refractivity (Wildman–Crippen MR) is 75.0 cm³/mol. The third-order valence-electron chi connectivity index (χ3n) is 3.37. The molecule has 0 bridgehead atoms. The third kappa shape index (κ3) is 3.63. The highest BCUT2D eigenvalue weighted by Gasteiger charge is 2.17.